The van der Waals surface area contributed by atoms with Crippen LogP contribution in [0.3, 0.4) is 0 Å². The summed E-state index contributed by atoms with van der Waals surface area (Å²) in [5.74, 6) is -5.36. The van der Waals surface area contributed by atoms with Crippen molar-refractivity contribution in [1.29, 1.82) is 0 Å². The number of benzene rings is 1. The van der Waals surface area contributed by atoms with Crippen molar-refractivity contribution in [2.75, 3.05) is 6.54 Å². The summed E-state index contributed by atoms with van der Waals surface area (Å²) >= 11 is 0. The molecule has 1 aliphatic heterocycles. The van der Waals surface area contributed by atoms with Gasteiger partial charge in [-0.1, -0.05) is 13.0 Å². The Balaban J connectivity index is 1.68. The number of fused-ring (bicyclic) bond motifs is 1. The van der Waals surface area contributed by atoms with Crippen molar-refractivity contribution in [3.63, 3.8) is 0 Å². The minimum atomic E-state index is -5.21. The van der Waals surface area contributed by atoms with Crippen LogP contribution in [-0.4, -0.2) is 51.4 Å². The number of hydrogen-bond acceptors (Lipinski definition) is 5. The van der Waals surface area contributed by atoms with E-state index >= 15 is 0 Å². The number of rotatable bonds is 7. The lowest BCUT2D eigenvalue weighted by molar-refractivity contribution is -0.155. The average molecular weight is 543 g/mol. The topological polar surface area (TPSA) is 101 Å². The van der Waals surface area contributed by atoms with E-state index < -0.39 is 69.9 Å². The molecule has 13 heteroatoms. The fourth-order valence-corrected chi connectivity index (χ4v) is 4.81. The number of likely N-dealkylation sites (N-methyl/N-ethyl adjacent to an activating group) is 1. The molecule has 2 aliphatic rings. The van der Waals surface area contributed by atoms with Gasteiger partial charge < -0.3 is 24.6 Å². The third kappa shape index (κ3) is 5.11. The number of hydrogen-bond donors (Lipinski definition) is 2. The molecule has 0 radical (unpaired) electrons. The zero-order valence-electron chi connectivity index (χ0n) is 20.7. The van der Waals surface area contributed by atoms with Gasteiger partial charge in [0.25, 0.3) is 11.8 Å². The number of ether oxygens (including phenoxy) is 1. The Labute approximate surface area is 214 Å². The quantitative estimate of drug-likeness (QED) is 0.519. The molecule has 2 heterocycles. The Hall–Kier alpha value is -3.48. The number of nitrogens with zero attached hydrogens (tertiary/aromatic N) is 2. The second kappa shape index (κ2) is 10.0. The first kappa shape index (κ1) is 27.6. The van der Waals surface area contributed by atoms with Crippen molar-refractivity contribution in [3.8, 4) is 5.75 Å². The SMILES string of the molecule is CCN1C(=O)c2c(O)c(=O)c(C(=O)N[C@@H](c3ccc(F)cc3F)C(F)(F)F)cn2C[C@H]1OC(C)[C@H]1CC1C. The molecule has 8 nitrogen and oxygen atoms in total. The summed E-state index contributed by atoms with van der Waals surface area (Å²) in [6, 6.07) is -1.57. The molecular weight excluding hydrogens is 517 g/mol. The van der Waals surface area contributed by atoms with E-state index in [-0.39, 0.29) is 25.3 Å². The van der Waals surface area contributed by atoms with E-state index in [1.807, 2.05) is 6.92 Å². The molecule has 0 saturated heterocycles. The number of aromatic hydroxyl groups is 1. The highest BCUT2D eigenvalue weighted by atomic mass is 19.4. The van der Waals surface area contributed by atoms with Crippen molar-refractivity contribution in [1.82, 2.24) is 14.8 Å². The molecule has 2 N–H and O–H groups in total. The molecule has 4 rings (SSSR count). The van der Waals surface area contributed by atoms with Crippen LogP contribution in [0.15, 0.2) is 29.2 Å². The van der Waals surface area contributed by atoms with Crippen molar-refractivity contribution in [3.05, 3.63) is 63.1 Å². The molecule has 1 aromatic carbocycles. The van der Waals surface area contributed by atoms with E-state index in [9.17, 15) is 41.4 Å². The largest absolute Gasteiger partial charge is 0.503 e. The van der Waals surface area contributed by atoms with E-state index in [4.69, 9.17) is 4.74 Å². The van der Waals surface area contributed by atoms with Crippen LogP contribution in [0, 0.1) is 23.5 Å². The van der Waals surface area contributed by atoms with Crippen molar-refractivity contribution in [2.45, 2.75) is 58.3 Å². The smallest absolute Gasteiger partial charge is 0.412 e. The Kier molecular flexibility index (Phi) is 7.26. The first-order chi connectivity index (χ1) is 17.7. The maximum atomic E-state index is 14.1. The summed E-state index contributed by atoms with van der Waals surface area (Å²) < 4.78 is 75.8. The highest BCUT2D eigenvalue weighted by molar-refractivity contribution is 5.99. The number of alkyl halides is 3. The van der Waals surface area contributed by atoms with Gasteiger partial charge in [-0.25, -0.2) is 8.78 Å². The van der Waals surface area contributed by atoms with Gasteiger partial charge in [0.2, 0.25) is 5.43 Å². The van der Waals surface area contributed by atoms with Gasteiger partial charge in [-0.05, 0) is 38.2 Å². The molecule has 0 spiro atoms. The number of pyridine rings is 1. The Bertz CT molecular complexity index is 1330. The molecule has 1 aromatic heterocycles. The van der Waals surface area contributed by atoms with Gasteiger partial charge in [-0.3, -0.25) is 14.4 Å². The molecule has 2 amide bonds. The van der Waals surface area contributed by atoms with Gasteiger partial charge in [0.15, 0.2) is 23.7 Å². The summed E-state index contributed by atoms with van der Waals surface area (Å²) in [5, 5.41) is 12.1. The fourth-order valence-electron chi connectivity index (χ4n) is 4.81. The monoisotopic (exact) mass is 543 g/mol. The molecule has 5 atom stereocenters. The summed E-state index contributed by atoms with van der Waals surface area (Å²) in [6.07, 6.45) is -4.43. The van der Waals surface area contributed by atoms with E-state index in [2.05, 4.69) is 6.92 Å². The third-order valence-electron chi connectivity index (χ3n) is 7.03. The van der Waals surface area contributed by atoms with Crippen LogP contribution in [0.1, 0.15) is 59.6 Å². The van der Waals surface area contributed by atoms with E-state index in [1.165, 1.54) is 4.90 Å². The molecule has 1 fully saturated rings. The highest BCUT2D eigenvalue weighted by Gasteiger charge is 2.45. The molecule has 2 unspecified atom stereocenters. The van der Waals surface area contributed by atoms with Crippen LogP contribution in [0.2, 0.25) is 0 Å². The van der Waals surface area contributed by atoms with Gasteiger partial charge >= 0.3 is 6.18 Å². The van der Waals surface area contributed by atoms with Crippen LogP contribution in [0.4, 0.5) is 22.0 Å². The molecule has 0 bridgehead atoms. The van der Waals surface area contributed by atoms with Crippen LogP contribution in [0.5, 0.6) is 5.75 Å². The van der Waals surface area contributed by atoms with Crippen LogP contribution >= 0.6 is 0 Å². The van der Waals surface area contributed by atoms with Gasteiger partial charge in [0, 0.05) is 24.4 Å². The van der Waals surface area contributed by atoms with E-state index in [0.29, 0.717) is 24.0 Å². The predicted molar refractivity (Wildman–Crippen MR) is 123 cm³/mol. The first-order valence-corrected chi connectivity index (χ1v) is 12.0. The molecular formula is C25H26F5N3O5. The van der Waals surface area contributed by atoms with Crippen LogP contribution < -0.4 is 10.7 Å². The maximum absolute atomic E-state index is 14.1. The van der Waals surface area contributed by atoms with Crippen LogP contribution in [-0.2, 0) is 11.3 Å². The lowest BCUT2D eigenvalue weighted by atomic mass is 10.0. The first-order valence-electron chi connectivity index (χ1n) is 12.0. The number of carbonyl (C=O) groups excluding carboxylic acids is 2. The summed E-state index contributed by atoms with van der Waals surface area (Å²) in [4.78, 5) is 40.0. The standard InChI is InChI=1S/C25H26F5N3O5/c1-4-33-18(38-12(3)15-7-11(15)2)10-32-9-16(20(34)21(35)19(32)24(33)37)23(36)31-22(25(28,29)30)14-6-5-13(26)8-17(14)27/h5-6,8-9,11-12,15,18,22,35H,4,7,10H2,1-3H3,(H,31,36)/t11?,12?,15-,18+,22-/m0/s1. The van der Waals surface area contributed by atoms with Gasteiger partial charge in [-0.15, -0.1) is 0 Å². The average Bonchev–Trinajstić information content (AvgIpc) is 3.56. The minimum absolute atomic E-state index is 0.107. The van der Waals surface area contributed by atoms with Gasteiger partial charge in [-0.2, -0.15) is 13.2 Å². The summed E-state index contributed by atoms with van der Waals surface area (Å²) in [6.45, 7) is 5.67. The minimum Gasteiger partial charge on any atom is -0.503 e. The molecule has 2 aromatic rings. The number of carbonyl (C=O) groups is 2. The second-order valence-corrected chi connectivity index (χ2v) is 9.60. The lowest BCUT2D eigenvalue weighted by Gasteiger charge is -2.38. The van der Waals surface area contributed by atoms with Crippen LogP contribution in [0.25, 0.3) is 0 Å². The van der Waals surface area contributed by atoms with E-state index in [0.717, 1.165) is 17.2 Å². The van der Waals surface area contributed by atoms with Gasteiger partial charge in [0.05, 0.1) is 12.6 Å². The number of halogens is 5. The molecule has 206 valence electrons. The maximum Gasteiger partial charge on any atom is 0.412 e. The van der Waals surface area contributed by atoms with Crippen molar-refractivity contribution in [2.24, 2.45) is 11.8 Å². The fraction of sp³-hybridized carbons (Fsp3) is 0.480. The Morgan fingerprint density at radius 1 is 1.26 bits per heavy atom. The van der Waals surface area contributed by atoms with Crippen molar-refractivity contribution >= 4 is 11.8 Å². The molecule has 1 aliphatic carbocycles. The number of nitrogens with one attached hydrogen (secondary N) is 1. The van der Waals surface area contributed by atoms with E-state index in [1.54, 1.807) is 12.2 Å². The number of aromatic nitrogens is 1. The summed E-state index contributed by atoms with van der Waals surface area (Å²) in [7, 11) is 0. The highest BCUT2D eigenvalue weighted by Crippen LogP contribution is 2.42. The second-order valence-electron chi connectivity index (χ2n) is 9.60. The number of amides is 2. The predicted octanol–water partition coefficient (Wildman–Crippen LogP) is 3.73. The third-order valence-corrected chi connectivity index (χ3v) is 7.03. The molecule has 38 heavy (non-hydrogen) atoms. The zero-order valence-corrected chi connectivity index (χ0v) is 20.7. The summed E-state index contributed by atoms with van der Waals surface area (Å²) in [5.41, 5.74) is -3.78. The Morgan fingerprint density at radius 2 is 1.92 bits per heavy atom. The lowest BCUT2D eigenvalue weighted by Crippen LogP contribution is -2.51. The normalized spacial score (nSPS) is 22.6. The molecule has 1 saturated carbocycles. The van der Waals surface area contributed by atoms with Gasteiger partial charge in [0.1, 0.15) is 17.2 Å². The Morgan fingerprint density at radius 3 is 2.47 bits per heavy atom. The zero-order chi connectivity index (χ0) is 28.1. The van der Waals surface area contributed by atoms with Crippen molar-refractivity contribution < 1.29 is 41.4 Å².